The second-order valence-corrected chi connectivity index (χ2v) is 6.55. The van der Waals surface area contributed by atoms with Crippen LogP contribution in [-0.4, -0.2) is 56.8 Å². The summed E-state index contributed by atoms with van der Waals surface area (Å²) in [5.74, 6) is 2.19. The highest BCUT2D eigenvalue weighted by Crippen LogP contribution is 2.28. The number of tetrazole rings is 1. The van der Waals surface area contributed by atoms with Gasteiger partial charge in [0.15, 0.2) is 6.61 Å². The van der Waals surface area contributed by atoms with E-state index < -0.39 is 0 Å². The zero-order valence-electron chi connectivity index (χ0n) is 14.9. The second-order valence-electron chi connectivity index (χ2n) is 6.55. The number of nitrogens with two attached hydrogens (primary N) is 1. The summed E-state index contributed by atoms with van der Waals surface area (Å²) in [6.45, 7) is 2.88. The Labute approximate surface area is 155 Å². The van der Waals surface area contributed by atoms with Crippen LogP contribution in [0.2, 0.25) is 0 Å². The van der Waals surface area contributed by atoms with Crippen LogP contribution in [0.4, 0.5) is 0 Å². The zero-order valence-corrected chi connectivity index (χ0v) is 14.9. The van der Waals surface area contributed by atoms with E-state index in [2.05, 4.69) is 15.5 Å². The molecule has 1 aliphatic rings. The topological polar surface area (TPSA) is 112 Å². The largest absolute Gasteiger partial charge is 0.484 e. The summed E-state index contributed by atoms with van der Waals surface area (Å²) in [4.78, 5) is 14.2. The van der Waals surface area contributed by atoms with E-state index in [0.717, 1.165) is 17.2 Å². The van der Waals surface area contributed by atoms with Crippen LogP contribution in [0.15, 0.2) is 47.1 Å². The molecule has 0 bridgehead atoms. The third-order valence-corrected chi connectivity index (χ3v) is 4.66. The molecule has 2 aromatic heterocycles. The van der Waals surface area contributed by atoms with Crippen molar-refractivity contribution in [1.82, 2.24) is 25.1 Å². The fourth-order valence-corrected chi connectivity index (χ4v) is 3.20. The lowest BCUT2D eigenvalue weighted by Crippen LogP contribution is -2.35. The first kappa shape index (κ1) is 17.2. The molecule has 3 heterocycles. The molecule has 1 aromatic carbocycles. The molecule has 1 saturated heterocycles. The van der Waals surface area contributed by atoms with E-state index in [9.17, 15) is 4.79 Å². The summed E-state index contributed by atoms with van der Waals surface area (Å²) in [6.07, 6.45) is 1.51. The number of rotatable bonds is 5. The Bertz CT molecular complexity index is 906. The second kappa shape index (κ2) is 7.20. The van der Waals surface area contributed by atoms with E-state index in [1.54, 1.807) is 17.0 Å². The maximum Gasteiger partial charge on any atom is 0.260 e. The fraction of sp³-hybridized carbons (Fsp3) is 0.333. The normalized spacial score (nSPS) is 19.4. The lowest BCUT2D eigenvalue weighted by atomic mass is 10.0. The first-order valence-electron chi connectivity index (χ1n) is 8.66. The van der Waals surface area contributed by atoms with E-state index in [4.69, 9.17) is 14.9 Å². The Kier molecular flexibility index (Phi) is 4.59. The standard InChI is InChI=1S/C18H20N6O3/c1-12-2-7-17(27-12)15-8-23(9-16(15)19)18(25)10-26-14-5-3-13(4-6-14)24-11-20-21-22-24/h2-7,11,15-16H,8-10,19H2,1H3/t15-,16-/m1/s1. The van der Waals surface area contributed by atoms with Gasteiger partial charge in [0.1, 0.15) is 23.6 Å². The molecule has 0 saturated carbocycles. The summed E-state index contributed by atoms with van der Waals surface area (Å²) >= 11 is 0. The number of nitrogens with zero attached hydrogens (tertiary/aromatic N) is 5. The number of likely N-dealkylation sites (tertiary alicyclic amines) is 1. The predicted molar refractivity (Wildman–Crippen MR) is 95.4 cm³/mol. The number of aryl methyl sites for hydroxylation is 1. The first-order chi connectivity index (χ1) is 13.1. The van der Waals surface area contributed by atoms with Gasteiger partial charge in [-0.25, -0.2) is 4.68 Å². The molecule has 0 spiro atoms. The molecule has 9 heteroatoms. The monoisotopic (exact) mass is 368 g/mol. The van der Waals surface area contributed by atoms with E-state index >= 15 is 0 Å². The molecule has 27 heavy (non-hydrogen) atoms. The van der Waals surface area contributed by atoms with E-state index in [0.29, 0.717) is 18.8 Å². The van der Waals surface area contributed by atoms with Gasteiger partial charge in [-0.3, -0.25) is 4.79 Å². The average Bonchev–Trinajstić information content (AvgIpc) is 3.41. The van der Waals surface area contributed by atoms with Crippen molar-refractivity contribution < 1.29 is 13.9 Å². The summed E-state index contributed by atoms with van der Waals surface area (Å²) in [5.41, 5.74) is 7.01. The van der Waals surface area contributed by atoms with Crippen molar-refractivity contribution in [2.75, 3.05) is 19.7 Å². The van der Waals surface area contributed by atoms with Gasteiger partial charge >= 0.3 is 0 Å². The summed E-state index contributed by atoms with van der Waals surface area (Å²) in [7, 11) is 0. The minimum atomic E-state index is -0.143. The Morgan fingerprint density at radius 1 is 1.26 bits per heavy atom. The number of carbonyl (C=O) groups excluding carboxylic acids is 1. The Morgan fingerprint density at radius 3 is 2.74 bits per heavy atom. The van der Waals surface area contributed by atoms with Gasteiger partial charge in [0.05, 0.1) is 11.6 Å². The molecule has 3 aromatic rings. The minimum absolute atomic E-state index is 0.0122. The SMILES string of the molecule is Cc1ccc([C@@H]2CN(C(=O)COc3ccc(-n4cnnn4)cc3)C[C@H]2N)o1. The molecule has 2 N–H and O–H groups in total. The van der Waals surface area contributed by atoms with E-state index in [1.165, 1.54) is 11.0 Å². The van der Waals surface area contributed by atoms with Gasteiger partial charge in [0.2, 0.25) is 0 Å². The molecule has 9 nitrogen and oxygen atoms in total. The highest BCUT2D eigenvalue weighted by atomic mass is 16.5. The van der Waals surface area contributed by atoms with Crippen LogP contribution < -0.4 is 10.5 Å². The van der Waals surface area contributed by atoms with Crippen molar-refractivity contribution in [3.63, 3.8) is 0 Å². The smallest absolute Gasteiger partial charge is 0.260 e. The van der Waals surface area contributed by atoms with Crippen LogP contribution in [0.3, 0.4) is 0 Å². The molecule has 0 aliphatic carbocycles. The Balaban J connectivity index is 1.33. The first-order valence-corrected chi connectivity index (χ1v) is 8.66. The minimum Gasteiger partial charge on any atom is -0.484 e. The fourth-order valence-electron chi connectivity index (χ4n) is 3.20. The van der Waals surface area contributed by atoms with Crippen molar-refractivity contribution in [1.29, 1.82) is 0 Å². The van der Waals surface area contributed by atoms with Crippen molar-refractivity contribution in [2.24, 2.45) is 5.73 Å². The Hall–Kier alpha value is -3.20. The highest BCUT2D eigenvalue weighted by molar-refractivity contribution is 5.78. The lowest BCUT2D eigenvalue weighted by Gasteiger charge is -2.16. The molecule has 0 unspecified atom stereocenters. The third kappa shape index (κ3) is 3.68. The lowest BCUT2D eigenvalue weighted by molar-refractivity contribution is -0.132. The molecule has 1 aliphatic heterocycles. The van der Waals surface area contributed by atoms with Crippen LogP contribution in [0.1, 0.15) is 17.4 Å². The number of benzene rings is 1. The number of furan rings is 1. The van der Waals surface area contributed by atoms with Crippen molar-refractivity contribution in [2.45, 2.75) is 18.9 Å². The molecular formula is C18H20N6O3. The summed E-state index contributed by atoms with van der Waals surface area (Å²) in [6, 6.07) is 10.9. The van der Waals surface area contributed by atoms with Crippen LogP contribution in [0.25, 0.3) is 5.69 Å². The molecular weight excluding hydrogens is 348 g/mol. The summed E-state index contributed by atoms with van der Waals surface area (Å²) in [5, 5.41) is 11.0. The summed E-state index contributed by atoms with van der Waals surface area (Å²) < 4.78 is 12.8. The maximum atomic E-state index is 12.5. The van der Waals surface area contributed by atoms with Gasteiger partial charge in [-0.05, 0) is 53.7 Å². The third-order valence-electron chi connectivity index (χ3n) is 4.66. The quantitative estimate of drug-likeness (QED) is 0.712. The van der Waals surface area contributed by atoms with Crippen molar-refractivity contribution in [3.05, 3.63) is 54.2 Å². The van der Waals surface area contributed by atoms with Crippen LogP contribution >= 0.6 is 0 Å². The molecule has 140 valence electrons. The van der Waals surface area contributed by atoms with Gasteiger partial charge in [0, 0.05) is 19.1 Å². The molecule has 0 radical (unpaired) electrons. The Morgan fingerprint density at radius 2 is 2.07 bits per heavy atom. The highest BCUT2D eigenvalue weighted by Gasteiger charge is 2.35. The number of aromatic nitrogens is 4. The van der Waals surface area contributed by atoms with Gasteiger partial charge in [0.25, 0.3) is 5.91 Å². The predicted octanol–water partition coefficient (Wildman–Crippen LogP) is 0.896. The number of hydrogen-bond donors (Lipinski definition) is 1. The number of carbonyl (C=O) groups is 1. The van der Waals surface area contributed by atoms with Crippen molar-refractivity contribution >= 4 is 5.91 Å². The van der Waals surface area contributed by atoms with E-state index in [1.807, 2.05) is 31.2 Å². The van der Waals surface area contributed by atoms with Crippen LogP contribution in [0.5, 0.6) is 5.75 Å². The van der Waals surface area contributed by atoms with Crippen LogP contribution in [-0.2, 0) is 4.79 Å². The number of hydrogen-bond acceptors (Lipinski definition) is 7. The molecule has 1 amide bonds. The zero-order chi connectivity index (χ0) is 18.8. The van der Waals surface area contributed by atoms with Crippen LogP contribution in [0, 0.1) is 6.92 Å². The number of ether oxygens (including phenoxy) is 1. The molecule has 4 rings (SSSR count). The molecule has 2 atom stereocenters. The van der Waals surface area contributed by atoms with Gasteiger partial charge in [-0.2, -0.15) is 0 Å². The van der Waals surface area contributed by atoms with Gasteiger partial charge in [-0.1, -0.05) is 0 Å². The van der Waals surface area contributed by atoms with Gasteiger partial charge in [-0.15, -0.1) is 5.10 Å². The van der Waals surface area contributed by atoms with E-state index in [-0.39, 0.29) is 24.5 Å². The number of amides is 1. The maximum absolute atomic E-state index is 12.5. The molecule has 1 fully saturated rings. The average molecular weight is 368 g/mol. The van der Waals surface area contributed by atoms with Gasteiger partial charge < -0.3 is 19.8 Å². The van der Waals surface area contributed by atoms with Crippen molar-refractivity contribution in [3.8, 4) is 11.4 Å².